The average Bonchev–Trinajstić information content (AvgIpc) is 2.54. The van der Waals surface area contributed by atoms with Gasteiger partial charge in [0.05, 0.1) is 0 Å². The Morgan fingerprint density at radius 1 is 1.40 bits per heavy atom. The highest BCUT2D eigenvalue weighted by Crippen LogP contribution is 2.17. The number of nitrogens with zero attached hydrogens (tertiary/aromatic N) is 1. The van der Waals surface area contributed by atoms with E-state index in [9.17, 15) is 4.79 Å². The Morgan fingerprint density at radius 2 is 1.93 bits per heavy atom. The fraction of sp³-hybridized carbons (Fsp3) is 0.600. The summed E-state index contributed by atoms with van der Waals surface area (Å²) in [6.07, 6.45) is 0. The van der Waals surface area contributed by atoms with Crippen LogP contribution in [0.2, 0.25) is 0 Å². The summed E-state index contributed by atoms with van der Waals surface area (Å²) < 4.78 is 15.0. The number of esters is 1. The molecule has 0 amide bonds. The van der Waals surface area contributed by atoms with E-state index >= 15 is 0 Å². The fourth-order valence-electron chi connectivity index (χ4n) is 0.958. The minimum atomic E-state index is -0.720. The van der Waals surface area contributed by atoms with Gasteiger partial charge in [-0.05, 0) is 20.8 Å². The molecule has 1 aliphatic rings. The van der Waals surface area contributed by atoms with Gasteiger partial charge in [0.1, 0.15) is 24.9 Å². The van der Waals surface area contributed by atoms with E-state index in [1.807, 2.05) is 0 Å². The molecule has 0 unspecified atom stereocenters. The van der Waals surface area contributed by atoms with Crippen LogP contribution >= 0.6 is 0 Å². The lowest BCUT2D eigenvalue weighted by Crippen LogP contribution is -2.25. The average molecular weight is 211 g/mol. The zero-order chi connectivity index (χ0) is 11.5. The predicted octanol–water partition coefficient (Wildman–Crippen LogP) is 1.11. The van der Waals surface area contributed by atoms with Gasteiger partial charge in [-0.2, -0.15) is 5.26 Å². The molecule has 1 saturated heterocycles. The molecule has 0 saturated carbocycles. The second-order valence-corrected chi connectivity index (χ2v) is 3.97. The molecule has 1 heterocycles. The van der Waals surface area contributed by atoms with Crippen LogP contribution in [0.4, 0.5) is 0 Å². The maximum atomic E-state index is 11.5. The van der Waals surface area contributed by atoms with Gasteiger partial charge in [-0.25, -0.2) is 4.79 Å². The maximum absolute atomic E-state index is 11.5. The summed E-state index contributed by atoms with van der Waals surface area (Å²) in [5.74, 6) is -0.756. The monoisotopic (exact) mass is 211 g/mol. The number of hydrogen-bond acceptors (Lipinski definition) is 5. The summed E-state index contributed by atoms with van der Waals surface area (Å²) in [7, 11) is 0. The summed E-state index contributed by atoms with van der Waals surface area (Å²) in [6, 6.07) is 1.72. The van der Waals surface area contributed by atoms with Crippen LogP contribution in [0.1, 0.15) is 20.8 Å². The van der Waals surface area contributed by atoms with Crippen molar-refractivity contribution in [2.24, 2.45) is 0 Å². The van der Waals surface area contributed by atoms with Gasteiger partial charge in [0, 0.05) is 0 Å². The molecule has 1 rings (SSSR count). The van der Waals surface area contributed by atoms with Crippen LogP contribution in [0.5, 0.6) is 0 Å². The molecule has 0 aromatic heterocycles. The first-order valence-electron chi connectivity index (χ1n) is 4.57. The van der Waals surface area contributed by atoms with Crippen molar-refractivity contribution in [1.82, 2.24) is 0 Å². The van der Waals surface area contributed by atoms with Gasteiger partial charge in [-0.1, -0.05) is 0 Å². The largest absolute Gasteiger partial charge is 0.461 e. The van der Waals surface area contributed by atoms with Crippen LogP contribution < -0.4 is 0 Å². The van der Waals surface area contributed by atoms with Crippen molar-refractivity contribution in [2.45, 2.75) is 26.4 Å². The van der Waals surface area contributed by atoms with Crippen LogP contribution in [0.15, 0.2) is 11.5 Å². The third kappa shape index (κ3) is 3.17. The number of rotatable bonds is 1. The van der Waals surface area contributed by atoms with Crippen molar-refractivity contribution < 1.29 is 19.0 Å². The highest BCUT2D eigenvalue weighted by molar-refractivity contribution is 5.93. The fourth-order valence-corrected chi connectivity index (χ4v) is 0.958. The van der Waals surface area contributed by atoms with Gasteiger partial charge in [-0.3, -0.25) is 0 Å². The molecule has 0 radical (unpaired) electrons. The number of nitriles is 1. The highest BCUT2D eigenvalue weighted by Gasteiger charge is 2.27. The van der Waals surface area contributed by atoms with Gasteiger partial charge in [0.15, 0.2) is 0 Å². The molecular weight excluding hydrogens is 198 g/mol. The zero-order valence-corrected chi connectivity index (χ0v) is 8.99. The van der Waals surface area contributed by atoms with Crippen molar-refractivity contribution in [3.05, 3.63) is 11.5 Å². The third-order valence-corrected chi connectivity index (χ3v) is 1.47. The molecule has 0 bridgehead atoms. The van der Waals surface area contributed by atoms with E-state index in [4.69, 9.17) is 19.5 Å². The first kappa shape index (κ1) is 11.4. The third-order valence-electron chi connectivity index (χ3n) is 1.47. The van der Waals surface area contributed by atoms with Crippen LogP contribution in [0, 0.1) is 11.3 Å². The highest BCUT2D eigenvalue weighted by atomic mass is 16.7. The van der Waals surface area contributed by atoms with Gasteiger partial charge in [0.2, 0.25) is 5.57 Å². The van der Waals surface area contributed by atoms with Crippen molar-refractivity contribution >= 4 is 5.97 Å². The lowest BCUT2D eigenvalue weighted by molar-refractivity contribution is -0.149. The number of ether oxygens (including phenoxy) is 3. The Bertz CT molecular complexity index is 324. The smallest absolute Gasteiger partial charge is 0.356 e. The molecule has 5 heteroatoms. The molecular formula is C10H13NO4. The summed E-state index contributed by atoms with van der Waals surface area (Å²) in [6.45, 7) is 5.87. The van der Waals surface area contributed by atoms with E-state index in [-0.39, 0.29) is 11.5 Å². The Labute approximate surface area is 88.2 Å². The number of carbonyl (C=O) groups is 1. The summed E-state index contributed by atoms with van der Waals surface area (Å²) in [4.78, 5) is 11.5. The van der Waals surface area contributed by atoms with Gasteiger partial charge in [0.25, 0.3) is 0 Å². The van der Waals surface area contributed by atoms with E-state index in [0.29, 0.717) is 13.2 Å². The lowest BCUT2D eigenvalue weighted by atomic mass is 10.2. The molecule has 82 valence electrons. The SMILES string of the molecule is CC(C)(C)OC(=O)C(C#N)=C1OCCO1. The predicted molar refractivity (Wildman–Crippen MR) is 50.4 cm³/mol. The molecule has 5 nitrogen and oxygen atoms in total. The summed E-state index contributed by atoms with van der Waals surface area (Å²) in [5, 5.41) is 8.78. The molecule has 1 fully saturated rings. The molecule has 0 aliphatic carbocycles. The van der Waals surface area contributed by atoms with E-state index < -0.39 is 11.6 Å². The molecule has 0 aromatic rings. The Hall–Kier alpha value is -1.70. The summed E-state index contributed by atoms with van der Waals surface area (Å²) >= 11 is 0. The lowest BCUT2D eigenvalue weighted by Gasteiger charge is -2.18. The molecule has 0 spiro atoms. The molecule has 15 heavy (non-hydrogen) atoms. The van der Waals surface area contributed by atoms with E-state index in [2.05, 4.69) is 0 Å². The minimum absolute atomic E-state index is 0.0354. The van der Waals surface area contributed by atoms with Crippen LogP contribution in [-0.2, 0) is 19.0 Å². The Kier molecular flexibility index (Phi) is 3.20. The molecule has 0 aromatic carbocycles. The molecule has 1 aliphatic heterocycles. The quantitative estimate of drug-likeness (QED) is 0.369. The topological polar surface area (TPSA) is 68.6 Å². The van der Waals surface area contributed by atoms with Crippen LogP contribution in [-0.4, -0.2) is 24.8 Å². The van der Waals surface area contributed by atoms with Crippen molar-refractivity contribution in [3.63, 3.8) is 0 Å². The van der Waals surface area contributed by atoms with Crippen molar-refractivity contribution in [3.8, 4) is 6.07 Å². The van der Waals surface area contributed by atoms with Crippen molar-refractivity contribution in [2.75, 3.05) is 13.2 Å². The van der Waals surface area contributed by atoms with Crippen LogP contribution in [0.25, 0.3) is 0 Å². The Morgan fingerprint density at radius 3 is 2.33 bits per heavy atom. The normalized spacial score (nSPS) is 14.9. The van der Waals surface area contributed by atoms with Gasteiger partial charge in [-0.15, -0.1) is 0 Å². The Balaban J connectivity index is 2.81. The first-order chi connectivity index (χ1) is 6.94. The molecule has 0 N–H and O–H groups in total. The second-order valence-electron chi connectivity index (χ2n) is 3.97. The summed E-state index contributed by atoms with van der Waals surface area (Å²) in [5.41, 5.74) is -0.861. The standard InChI is InChI=1S/C10H13NO4/c1-10(2,3)15-8(12)7(6-11)9-13-4-5-14-9/h4-5H2,1-3H3. The zero-order valence-electron chi connectivity index (χ0n) is 8.99. The maximum Gasteiger partial charge on any atom is 0.356 e. The first-order valence-corrected chi connectivity index (χ1v) is 4.57. The molecule has 0 atom stereocenters. The van der Waals surface area contributed by atoms with Crippen molar-refractivity contribution in [1.29, 1.82) is 5.26 Å². The van der Waals surface area contributed by atoms with Gasteiger partial charge >= 0.3 is 11.9 Å². The van der Waals surface area contributed by atoms with Gasteiger partial charge < -0.3 is 14.2 Å². The second kappa shape index (κ2) is 4.22. The number of hydrogen-bond donors (Lipinski definition) is 0. The minimum Gasteiger partial charge on any atom is -0.461 e. The van der Waals surface area contributed by atoms with E-state index in [1.54, 1.807) is 26.8 Å². The van der Waals surface area contributed by atoms with E-state index in [0.717, 1.165) is 0 Å². The number of carbonyl (C=O) groups excluding carboxylic acids is 1. The van der Waals surface area contributed by atoms with E-state index in [1.165, 1.54) is 0 Å². The van der Waals surface area contributed by atoms with Crippen LogP contribution in [0.3, 0.4) is 0 Å².